The predicted molar refractivity (Wildman–Crippen MR) is 90.4 cm³/mol. The molecule has 0 saturated carbocycles. The number of aromatic amines is 1. The second-order valence-electron chi connectivity index (χ2n) is 4.56. The number of rotatable bonds is 3. The predicted octanol–water partition coefficient (Wildman–Crippen LogP) is 3.69. The maximum atomic E-state index is 5.33. The van der Waals surface area contributed by atoms with Crippen LogP contribution in [-0.4, -0.2) is 30.0 Å². The lowest BCUT2D eigenvalue weighted by molar-refractivity contribution is 0.258. The first kappa shape index (κ1) is 14.9. The molecule has 3 aromatic rings. The summed E-state index contributed by atoms with van der Waals surface area (Å²) in [5, 5.41) is 2.75. The fourth-order valence-corrected chi connectivity index (χ4v) is 1.73. The molecule has 0 aliphatic heterocycles. The van der Waals surface area contributed by atoms with Crippen molar-refractivity contribution in [3.8, 4) is 11.3 Å². The van der Waals surface area contributed by atoms with Gasteiger partial charge in [0.15, 0.2) is 5.76 Å². The van der Waals surface area contributed by atoms with E-state index in [9.17, 15) is 0 Å². The fraction of sp³-hybridized carbons (Fsp3) is 0.188. The Kier molecular flexibility index (Phi) is 5.17. The summed E-state index contributed by atoms with van der Waals surface area (Å²) in [5.74, 6) is 0.886. The van der Waals surface area contributed by atoms with E-state index < -0.39 is 0 Å². The lowest BCUT2D eigenvalue weighted by Crippen LogP contribution is -1.95. The number of nitrogens with one attached hydrogen (secondary N) is 2. The minimum Gasteiger partial charge on any atom is -0.378 e. The van der Waals surface area contributed by atoms with Crippen molar-refractivity contribution in [2.75, 3.05) is 14.1 Å². The highest BCUT2D eigenvalue weighted by molar-refractivity contribution is 5.79. The van der Waals surface area contributed by atoms with Crippen LogP contribution in [0.4, 0.5) is 5.69 Å². The highest BCUT2D eigenvalue weighted by Crippen LogP contribution is 2.23. The molecule has 3 rings (SSSR count). The smallest absolute Gasteiger partial charge is 0.181 e. The highest BCUT2D eigenvalue weighted by Gasteiger charge is 2.04. The van der Waals surface area contributed by atoms with E-state index in [0.717, 1.165) is 22.7 Å². The second kappa shape index (κ2) is 7.31. The fourth-order valence-electron chi connectivity index (χ4n) is 1.73. The van der Waals surface area contributed by atoms with E-state index in [-0.39, 0.29) is 2.85 Å². The molecule has 2 N–H and O–H groups in total. The molecule has 5 nitrogen and oxygen atoms in total. The van der Waals surface area contributed by atoms with E-state index in [2.05, 4.69) is 15.3 Å². The molecule has 0 fully saturated rings. The zero-order chi connectivity index (χ0) is 15.1. The van der Waals surface area contributed by atoms with Crippen molar-refractivity contribution in [3.05, 3.63) is 54.5 Å². The van der Waals surface area contributed by atoms with Gasteiger partial charge in [0.1, 0.15) is 0 Å². The standard InChI is InChI=1S/C14H13N3O.C2H7N.2H2/c1-17-10-14(18-17)11-4-6-12(7-5-11)16-9-13-3-2-8-15-13;1-3-2;;/h2-10,15H,1H3;3H,1-2H3;2*1H. The summed E-state index contributed by atoms with van der Waals surface area (Å²) in [6, 6.07) is 11.9. The molecule has 0 saturated heterocycles. The minimum atomic E-state index is 0. The molecule has 21 heavy (non-hydrogen) atoms. The van der Waals surface area contributed by atoms with Gasteiger partial charge < -0.3 is 14.8 Å². The quantitative estimate of drug-likeness (QED) is 0.722. The van der Waals surface area contributed by atoms with E-state index in [0.29, 0.717) is 0 Å². The number of aryl methyl sites for hydroxylation is 1. The Hall–Kier alpha value is -2.53. The number of hydrogen-bond acceptors (Lipinski definition) is 3. The second-order valence-corrected chi connectivity index (χ2v) is 4.56. The average Bonchev–Trinajstić information content (AvgIpc) is 2.97. The van der Waals surface area contributed by atoms with Crippen molar-refractivity contribution < 1.29 is 7.38 Å². The summed E-state index contributed by atoms with van der Waals surface area (Å²) >= 11 is 0. The molecule has 114 valence electrons. The Balaban J connectivity index is 0.000000902. The summed E-state index contributed by atoms with van der Waals surface area (Å²) in [6.07, 6.45) is 5.63. The number of aliphatic imine (C=N–C) groups is 1. The van der Waals surface area contributed by atoms with Crippen LogP contribution in [0.25, 0.3) is 11.3 Å². The number of benzene rings is 1. The van der Waals surface area contributed by atoms with Crippen molar-refractivity contribution >= 4 is 11.9 Å². The first-order valence-electron chi connectivity index (χ1n) is 6.72. The number of hydrogen-bond donors (Lipinski definition) is 2. The van der Waals surface area contributed by atoms with Crippen molar-refractivity contribution in [2.24, 2.45) is 12.0 Å². The van der Waals surface area contributed by atoms with Gasteiger partial charge >= 0.3 is 0 Å². The molecule has 0 amide bonds. The van der Waals surface area contributed by atoms with Gasteiger partial charge in [0.05, 0.1) is 23.8 Å². The maximum absolute atomic E-state index is 5.33. The van der Waals surface area contributed by atoms with Crippen LogP contribution < -0.4 is 5.32 Å². The summed E-state index contributed by atoms with van der Waals surface area (Å²) in [6.45, 7) is 0. The number of aromatic nitrogens is 2. The van der Waals surface area contributed by atoms with E-state index in [1.165, 1.54) is 0 Å². The van der Waals surface area contributed by atoms with Gasteiger partial charge in [-0.2, -0.15) is 0 Å². The van der Waals surface area contributed by atoms with Crippen LogP contribution in [0, 0.1) is 0 Å². The van der Waals surface area contributed by atoms with Crippen LogP contribution in [0.1, 0.15) is 8.55 Å². The SMILES string of the molecule is CNC.Cn1cc(-c2ccc(N=Cc3ccc[nH]3)cc2)o1.[HH].[HH]. The number of H-pyrrole nitrogens is 1. The van der Waals surface area contributed by atoms with E-state index in [1.54, 1.807) is 4.74 Å². The third-order valence-corrected chi connectivity index (χ3v) is 2.67. The molecule has 0 bridgehead atoms. The molecular formula is C16H24N4O. The van der Waals surface area contributed by atoms with Crippen molar-refractivity contribution in [3.63, 3.8) is 0 Å². The first-order valence-corrected chi connectivity index (χ1v) is 6.72. The molecular weight excluding hydrogens is 264 g/mol. The molecule has 0 aliphatic rings. The summed E-state index contributed by atoms with van der Waals surface area (Å²) < 4.78 is 7.01. The third-order valence-electron chi connectivity index (χ3n) is 2.67. The van der Waals surface area contributed by atoms with E-state index >= 15 is 0 Å². The Morgan fingerprint density at radius 1 is 1.24 bits per heavy atom. The normalized spacial score (nSPS) is 10.6. The Morgan fingerprint density at radius 2 is 1.90 bits per heavy atom. The van der Waals surface area contributed by atoms with Gasteiger partial charge in [-0.15, -0.1) is 0 Å². The van der Waals surface area contributed by atoms with Crippen LogP contribution in [0.15, 0.2) is 58.3 Å². The molecule has 0 aliphatic carbocycles. The van der Waals surface area contributed by atoms with Gasteiger partial charge in [-0.05, 0) is 50.5 Å². The van der Waals surface area contributed by atoms with Crippen molar-refractivity contribution in [2.45, 2.75) is 0 Å². The molecule has 0 unspecified atom stereocenters. The molecule has 2 aromatic heterocycles. The maximum Gasteiger partial charge on any atom is 0.181 e. The average molecular weight is 288 g/mol. The van der Waals surface area contributed by atoms with Crippen LogP contribution >= 0.6 is 0 Å². The van der Waals surface area contributed by atoms with Crippen LogP contribution in [-0.2, 0) is 7.05 Å². The summed E-state index contributed by atoms with van der Waals surface area (Å²) in [7, 11) is 5.61. The van der Waals surface area contributed by atoms with E-state index in [4.69, 9.17) is 4.52 Å². The Morgan fingerprint density at radius 3 is 2.43 bits per heavy atom. The summed E-state index contributed by atoms with van der Waals surface area (Å²) in [4.78, 5) is 7.46. The lowest BCUT2D eigenvalue weighted by Gasteiger charge is -2.08. The monoisotopic (exact) mass is 288 g/mol. The largest absolute Gasteiger partial charge is 0.378 e. The molecule has 5 heteroatoms. The third kappa shape index (κ3) is 4.22. The van der Waals surface area contributed by atoms with Crippen LogP contribution in [0.2, 0.25) is 0 Å². The molecule has 0 atom stereocenters. The highest BCUT2D eigenvalue weighted by atomic mass is 16.5. The van der Waals surface area contributed by atoms with Gasteiger partial charge in [-0.3, -0.25) is 4.99 Å². The van der Waals surface area contributed by atoms with Gasteiger partial charge in [0.25, 0.3) is 0 Å². The number of nitrogens with zero attached hydrogens (tertiary/aromatic N) is 2. The zero-order valence-electron chi connectivity index (χ0n) is 12.5. The zero-order valence-corrected chi connectivity index (χ0v) is 12.5. The van der Waals surface area contributed by atoms with Gasteiger partial charge in [-0.1, -0.05) is 0 Å². The van der Waals surface area contributed by atoms with Crippen molar-refractivity contribution in [1.29, 1.82) is 0 Å². The molecule has 2 heterocycles. The Bertz CT molecular complexity index is 657. The molecule has 1 aromatic carbocycles. The first-order chi connectivity index (χ1) is 10.2. The topological polar surface area (TPSA) is 58.2 Å². The van der Waals surface area contributed by atoms with Crippen LogP contribution in [0.5, 0.6) is 0 Å². The molecule has 0 spiro atoms. The van der Waals surface area contributed by atoms with Gasteiger partial charge in [0.2, 0.25) is 0 Å². The van der Waals surface area contributed by atoms with E-state index in [1.807, 2.05) is 76.1 Å². The minimum absolute atomic E-state index is 0. The Labute approximate surface area is 127 Å². The van der Waals surface area contributed by atoms with Crippen LogP contribution in [0.3, 0.4) is 0 Å². The van der Waals surface area contributed by atoms with Gasteiger partial charge in [-0.25, -0.2) is 4.74 Å². The molecule has 0 radical (unpaired) electrons. The van der Waals surface area contributed by atoms with Gasteiger partial charge in [0, 0.05) is 21.7 Å². The van der Waals surface area contributed by atoms with Crippen molar-refractivity contribution in [1.82, 2.24) is 15.0 Å². The summed E-state index contributed by atoms with van der Waals surface area (Å²) in [5.41, 5.74) is 2.97. The lowest BCUT2D eigenvalue weighted by atomic mass is 10.1.